The van der Waals surface area contributed by atoms with Crippen molar-refractivity contribution in [1.29, 1.82) is 0 Å². The summed E-state index contributed by atoms with van der Waals surface area (Å²) < 4.78 is 7.61. The number of nitrogens with two attached hydrogens (primary N) is 1. The number of imidazole rings is 1. The number of carbonyl (C=O) groups is 1. The summed E-state index contributed by atoms with van der Waals surface area (Å²) in [5, 5.41) is 2.90. The molecule has 0 bridgehead atoms. The monoisotopic (exact) mass is 425 g/mol. The summed E-state index contributed by atoms with van der Waals surface area (Å²) >= 11 is 0. The molecule has 2 aliphatic rings. The second-order valence-electron chi connectivity index (χ2n) is 8.37. The minimum Gasteiger partial charge on any atom is -0.482 e. The number of hydrogen-bond donors (Lipinski definition) is 2. The number of aromatic nitrogens is 2. The highest BCUT2D eigenvalue weighted by molar-refractivity contribution is 5.96. The molecule has 0 fully saturated rings. The smallest absolute Gasteiger partial charge is 0.262 e. The third-order valence-corrected chi connectivity index (χ3v) is 6.21. The first-order chi connectivity index (χ1) is 15.6. The van der Waals surface area contributed by atoms with Gasteiger partial charge in [0, 0.05) is 37.1 Å². The first-order valence-corrected chi connectivity index (χ1v) is 10.8. The molecule has 0 aliphatic carbocycles. The summed E-state index contributed by atoms with van der Waals surface area (Å²) in [7, 11) is 0. The highest BCUT2D eigenvalue weighted by atomic mass is 16.5. The average Bonchev–Trinajstić information content (AvgIpc) is 3.16. The molecule has 1 amide bonds. The van der Waals surface area contributed by atoms with Gasteiger partial charge in [-0.25, -0.2) is 4.98 Å². The van der Waals surface area contributed by atoms with Crippen molar-refractivity contribution in [2.24, 2.45) is 0 Å². The van der Waals surface area contributed by atoms with Crippen LogP contribution in [0.25, 0.3) is 16.9 Å². The molecule has 4 aromatic rings. The van der Waals surface area contributed by atoms with Gasteiger partial charge in [-0.2, -0.15) is 0 Å². The van der Waals surface area contributed by atoms with Crippen LogP contribution in [0.1, 0.15) is 16.8 Å². The van der Waals surface area contributed by atoms with Gasteiger partial charge in [0.15, 0.2) is 6.61 Å². The molecule has 0 spiro atoms. The molecule has 2 aliphatic heterocycles. The zero-order valence-electron chi connectivity index (χ0n) is 17.5. The molecule has 2 aromatic heterocycles. The van der Waals surface area contributed by atoms with Gasteiger partial charge in [-0.05, 0) is 47.9 Å². The third-order valence-electron chi connectivity index (χ3n) is 6.21. The highest BCUT2D eigenvalue weighted by Gasteiger charge is 2.23. The molecule has 7 heteroatoms. The maximum absolute atomic E-state index is 11.8. The maximum Gasteiger partial charge on any atom is 0.262 e. The number of pyridine rings is 1. The van der Waals surface area contributed by atoms with Crippen LogP contribution >= 0.6 is 0 Å². The number of fused-ring (bicyclic) bond motifs is 3. The van der Waals surface area contributed by atoms with E-state index >= 15 is 0 Å². The molecule has 2 aromatic carbocycles. The molecule has 0 radical (unpaired) electrons. The molecule has 0 unspecified atom stereocenters. The molecule has 32 heavy (non-hydrogen) atoms. The molecule has 6 rings (SSSR count). The normalized spacial score (nSPS) is 15.7. The molecule has 0 saturated heterocycles. The first kappa shape index (κ1) is 18.9. The fourth-order valence-electron chi connectivity index (χ4n) is 4.62. The molecule has 4 heterocycles. The van der Waals surface area contributed by atoms with Gasteiger partial charge in [-0.15, -0.1) is 0 Å². The van der Waals surface area contributed by atoms with E-state index in [2.05, 4.69) is 38.9 Å². The topological polar surface area (TPSA) is 84.9 Å². The number of nitrogens with one attached hydrogen (secondary N) is 1. The van der Waals surface area contributed by atoms with Gasteiger partial charge >= 0.3 is 0 Å². The Morgan fingerprint density at radius 2 is 1.97 bits per heavy atom. The van der Waals surface area contributed by atoms with E-state index < -0.39 is 0 Å². The number of anilines is 2. The van der Waals surface area contributed by atoms with Crippen LogP contribution in [0.4, 0.5) is 11.4 Å². The van der Waals surface area contributed by atoms with Gasteiger partial charge in [0.1, 0.15) is 11.4 Å². The van der Waals surface area contributed by atoms with Crippen LogP contribution in [0.2, 0.25) is 0 Å². The van der Waals surface area contributed by atoms with Crippen molar-refractivity contribution in [3.05, 3.63) is 77.6 Å². The Morgan fingerprint density at radius 3 is 2.88 bits per heavy atom. The fraction of sp³-hybridized carbons (Fsp3) is 0.200. The number of rotatable bonds is 3. The number of ether oxygens (including phenoxy) is 1. The molecular weight excluding hydrogens is 402 g/mol. The van der Waals surface area contributed by atoms with Crippen molar-refractivity contribution in [3.63, 3.8) is 0 Å². The Labute approximate surface area is 185 Å². The Balaban J connectivity index is 1.42. The van der Waals surface area contributed by atoms with Gasteiger partial charge in [0.2, 0.25) is 0 Å². The van der Waals surface area contributed by atoms with E-state index in [-0.39, 0.29) is 12.5 Å². The number of hydrogen-bond acceptors (Lipinski definition) is 5. The molecule has 3 N–H and O–H groups in total. The predicted octanol–water partition coefficient (Wildman–Crippen LogP) is 3.47. The summed E-state index contributed by atoms with van der Waals surface area (Å²) in [5.74, 6) is 0.528. The van der Waals surface area contributed by atoms with Crippen LogP contribution in [-0.4, -0.2) is 33.3 Å². The molecular formula is C25H23N5O2. The van der Waals surface area contributed by atoms with Crippen molar-refractivity contribution in [2.75, 3.05) is 24.2 Å². The molecule has 0 saturated carbocycles. The summed E-state index contributed by atoms with van der Waals surface area (Å²) in [6, 6.07) is 18.3. The van der Waals surface area contributed by atoms with Crippen LogP contribution in [0.5, 0.6) is 5.75 Å². The number of nitrogens with zero attached hydrogens (tertiary/aromatic N) is 3. The summed E-state index contributed by atoms with van der Waals surface area (Å²) in [6.45, 7) is 2.68. The molecule has 160 valence electrons. The van der Waals surface area contributed by atoms with E-state index in [1.54, 1.807) is 0 Å². The Morgan fingerprint density at radius 1 is 1.09 bits per heavy atom. The van der Waals surface area contributed by atoms with Crippen LogP contribution < -0.4 is 15.8 Å². The average molecular weight is 425 g/mol. The quantitative estimate of drug-likeness (QED) is 0.525. The van der Waals surface area contributed by atoms with Gasteiger partial charge in [-0.1, -0.05) is 24.3 Å². The van der Waals surface area contributed by atoms with E-state index in [0.717, 1.165) is 48.7 Å². The van der Waals surface area contributed by atoms with Crippen molar-refractivity contribution < 1.29 is 9.53 Å². The van der Waals surface area contributed by atoms with E-state index in [1.165, 1.54) is 11.1 Å². The lowest BCUT2D eigenvalue weighted by Gasteiger charge is -2.29. The largest absolute Gasteiger partial charge is 0.482 e. The molecule has 0 atom stereocenters. The predicted molar refractivity (Wildman–Crippen MR) is 123 cm³/mol. The van der Waals surface area contributed by atoms with E-state index in [1.807, 2.05) is 36.5 Å². The minimum absolute atomic E-state index is 0.0433. The Bertz CT molecular complexity index is 1360. The van der Waals surface area contributed by atoms with E-state index in [9.17, 15) is 4.79 Å². The second kappa shape index (κ2) is 7.39. The minimum atomic E-state index is -0.148. The van der Waals surface area contributed by atoms with E-state index in [0.29, 0.717) is 17.1 Å². The Kier molecular flexibility index (Phi) is 4.36. The van der Waals surface area contributed by atoms with Crippen LogP contribution in [0.3, 0.4) is 0 Å². The van der Waals surface area contributed by atoms with Crippen LogP contribution in [0, 0.1) is 0 Å². The molecule has 7 nitrogen and oxygen atoms in total. The van der Waals surface area contributed by atoms with Gasteiger partial charge in [0.05, 0.1) is 17.1 Å². The third kappa shape index (κ3) is 3.27. The van der Waals surface area contributed by atoms with Crippen molar-refractivity contribution >= 4 is 22.9 Å². The maximum atomic E-state index is 11.8. The van der Waals surface area contributed by atoms with Crippen molar-refractivity contribution in [2.45, 2.75) is 19.5 Å². The fourth-order valence-corrected chi connectivity index (χ4v) is 4.62. The summed E-state index contributed by atoms with van der Waals surface area (Å²) in [6.07, 6.45) is 2.97. The van der Waals surface area contributed by atoms with Gasteiger partial charge < -0.3 is 20.2 Å². The number of carbonyl (C=O) groups excluding carboxylic acids is 1. The zero-order chi connectivity index (χ0) is 21.7. The van der Waals surface area contributed by atoms with Crippen molar-refractivity contribution in [1.82, 2.24) is 14.3 Å². The van der Waals surface area contributed by atoms with Crippen LogP contribution in [0.15, 0.2) is 60.8 Å². The number of benzene rings is 2. The van der Waals surface area contributed by atoms with Crippen molar-refractivity contribution in [3.8, 4) is 17.0 Å². The van der Waals surface area contributed by atoms with Gasteiger partial charge in [-0.3, -0.25) is 9.69 Å². The number of amides is 1. The van der Waals surface area contributed by atoms with Crippen LogP contribution in [-0.2, 0) is 24.3 Å². The van der Waals surface area contributed by atoms with Gasteiger partial charge in [0.25, 0.3) is 5.91 Å². The Hall–Kier alpha value is -3.84. The second-order valence-corrected chi connectivity index (χ2v) is 8.37. The number of nitrogen functional groups attached to an aromatic ring is 1. The lowest BCUT2D eigenvalue weighted by Crippen LogP contribution is -2.30. The summed E-state index contributed by atoms with van der Waals surface area (Å²) in [4.78, 5) is 19.2. The summed E-state index contributed by atoms with van der Waals surface area (Å²) in [5.41, 5.74) is 14.0. The lowest BCUT2D eigenvalue weighted by molar-refractivity contribution is -0.118. The highest BCUT2D eigenvalue weighted by Crippen LogP contribution is 2.35. The standard InChI is InChI=1S/C25H23N5O2/c26-19-6-8-23-28-25(17-5-7-22-20(11-17)27-24(31)15-32-22)21(30(23)13-19)14-29-10-9-16-3-1-2-4-18(16)12-29/h1-8,11,13H,9-10,12,14-15,26H2,(H,27,31). The SMILES string of the molecule is Nc1ccc2nc(-c3ccc4c(c3)NC(=O)CO4)c(CN3CCc4ccccc4C3)n2c1. The zero-order valence-corrected chi connectivity index (χ0v) is 17.5. The lowest BCUT2D eigenvalue weighted by atomic mass is 9.99. The van der Waals surface area contributed by atoms with E-state index in [4.69, 9.17) is 15.5 Å². The first-order valence-electron chi connectivity index (χ1n) is 10.8.